The van der Waals surface area contributed by atoms with Crippen molar-refractivity contribution in [3.63, 3.8) is 0 Å². The van der Waals surface area contributed by atoms with Crippen LogP contribution in [0.15, 0.2) is 48.5 Å². The van der Waals surface area contributed by atoms with Crippen LogP contribution in [-0.4, -0.2) is 17.6 Å². The van der Waals surface area contributed by atoms with Gasteiger partial charge in [0.2, 0.25) is 0 Å². The number of rotatable bonds is 5. The maximum Gasteiger partial charge on any atom is 0.262 e. The summed E-state index contributed by atoms with van der Waals surface area (Å²) in [7, 11) is 0. The van der Waals surface area contributed by atoms with Gasteiger partial charge in [0.15, 0.2) is 6.61 Å². The molecule has 0 unspecified atom stereocenters. The largest absolute Gasteiger partial charge is 0.482 e. The Balaban J connectivity index is 1.96. The van der Waals surface area contributed by atoms with Gasteiger partial charge in [-0.15, -0.1) is 0 Å². The number of nitriles is 1. The van der Waals surface area contributed by atoms with Gasteiger partial charge in [-0.25, -0.2) is 0 Å². The highest BCUT2D eigenvalue weighted by Gasteiger charge is 2.08. The lowest BCUT2D eigenvalue weighted by atomic mass is 10.1. The van der Waals surface area contributed by atoms with Crippen LogP contribution in [0.25, 0.3) is 0 Å². The van der Waals surface area contributed by atoms with Gasteiger partial charge in [-0.3, -0.25) is 4.79 Å². The van der Waals surface area contributed by atoms with Gasteiger partial charge in [0.1, 0.15) is 11.8 Å². The highest BCUT2D eigenvalue weighted by molar-refractivity contribution is 5.92. The van der Waals surface area contributed by atoms with E-state index in [4.69, 9.17) is 10.00 Å². The summed E-state index contributed by atoms with van der Waals surface area (Å²) in [5, 5.41) is 21.2. The first kappa shape index (κ1) is 15.5. The molecule has 0 bridgehead atoms. The summed E-state index contributed by atoms with van der Waals surface area (Å²) in [5.41, 5.74) is 1.68. The van der Waals surface area contributed by atoms with Crippen LogP contribution in [0.5, 0.6) is 5.75 Å². The van der Waals surface area contributed by atoms with E-state index < -0.39 is 6.10 Å². The zero-order chi connectivity index (χ0) is 15.9. The molecule has 0 aliphatic rings. The third-order valence-electron chi connectivity index (χ3n) is 3.02. The van der Waals surface area contributed by atoms with E-state index in [-0.39, 0.29) is 12.5 Å². The predicted molar refractivity (Wildman–Crippen MR) is 82.4 cm³/mol. The number of ether oxygens (including phenoxy) is 1. The zero-order valence-corrected chi connectivity index (χ0v) is 12.1. The van der Waals surface area contributed by atoms with E-state index in [1.54, 1.807) is 55.5 Å². The Hall–Kier alpha value is -2.84. The van der Waals surface area contributed by atoms with Gasteiger partial charge in [-0.2, -0.15) is 5.26 Å². The topological polar surface area (TPSA) is 82.3 Å². The number of carbonyl (C=O) groups is 1. The predicted octanol–water partition coefficient (Wildman–Crippen LogP) is 2.63. The molecule has 22 heavy (non-hydrogen) atoms. The molecule has 2 N–H and O–H groups in total. The Morgan fingerprint density at radius 3 is 2.82 bits per heavy atom. The van der Waals surface area contributed by atoms with Crippen molar-refractivity contribution in [3.8, 4) is 11.8 Å². The Kier molecular flexibility index (Phi) is 5.12. The number of anilines is 1. The molecule has 5 heteroatoms. The molecule has 2 aromatic carbocycles. The second kappa shape index (κ2) is 7.25. The molecule has 0 heterocycles. The lowest BCUT2D eigenvalue weighted by Crippen LogP contribution is -2.20. The summed E-state index contributed by atoms with van der Waals surface area (Å²) in [4.78, 5) is 11.9. The summed E-state index contributed by atoms with van der Waals surface area (Å²) in [6.45, 7) is 1.46. The number of nitrogens with zero attached hydrogens (tertiary/aromatic N) is 1. The number of benzene rings is 2. The van der Waals surface area contributed by atoms with Gasteiger partial charge in [0.05, 0.1) is 11.7 Å². The van der Waals surface area contributed by atoms with Gasteiger partial charge in [-0.05, 0) is 36.8 Å². The molecular formula is C17H16N2O3. The minimum atomic E-state index is -0.601. The van der Waals surface area contributed by atoms with Gasteiger partial charge in [-0.1, -0.05) is 24.3 Å². The van der Waals surface area contributed by atoms with Crippen molar-refractivity contribution in [1.82, 2.24) is 0 Å². The fourth-order valence-corrected chi connectivity index (χ4v) is 1.90. The van der Waals surface area contributed by atoms with Crippen LogP contribution in [0.1, 0.15) is 24.2 Å². The summed E-state index contributed by atoms with van der Waals surface area (Å²) in [5.74, 6) is 0.0355. The molecule has 0 saturated heterocycles. The molecule has 112 valence electrons. The second-order valence-corrected chi connectivity index (χ2v) is 4.75. The van der Waals surface area contributed by atoms with Crippen LogP contribution in [0, 0.1) is 11.3 Å². The van der Waals surface area contributed by atoms with Crippen molar-refractivity contribution in [1.29, 1.82) is 5.26 Å². The number of amides is 1. The summed E-state index contributed by atoms with van der Waals surface area (Å²) in [6.07, 6.45) is -0.601. The van der Waals surface area contributed by atoms with Gasteiger partial charge in [0.25, 0.3) is 5.91 Å². The number of hydrogen-bond donors (Lipinski definition) is 2. The Labute approximate surface area is 128 Å². The summed E-state index contributed by atoms with van der Waals surface area (Å²) >= 11 is 0. The number of aliphatic hydroxyl groups is 1. The molecule has 1 amide bonds. The highest BCUT2D eigenvalue weighted by Crippen LogP contribution is 2.18. The molecule has 0 spiro atoms. The number of nitrogens with one attached hydrogen (secondary N) is 1. The molecular weight excluding hydrogens is 280 g/mol. The fourth-order valence-electron chi connectivity index (χ4n) is 1.90. The van der Waals surface area contributed by atoms with Gasteiger partial charge < -0.3 is 15.2 Å². The van der Waals surface area contributed by atoms with Crippen molar-refractivity contribution in [2.45, 2.75) is 13.0 Å². The quantitative estimate of drug-likeness (QED) is 0.888. The van der Waals surface area contributed by atoms with E-state index in [2.05, 4.69) is 5.32 Å². The van der Waals surface area contributed by atoms with Crippen molar-refractivity contribution in [3.05, 3.63) is 59.7 Å². The van der Waals surface area contributed by atoms with Crippen LogP contribution in [0.2, 0.25) is 0 Å². The summed E-state index contributed by atoms with van der Waals surface area (Å²) in [6, 6.07) is 15.7. The SMILES string of the molecule is C[C@@H](O)c1cccc(NC(=O)COc2ccccc2C#N)c1. The molecule has 1 atom stereocenters. The van der Waals surface area contributed by atoms with E-state index in [1.165, 1.54) is 0 Å². The minimum absolute atomic E-state index is 0.197. The van der Waals surface area contributed by atoms with Crippen LogP contribution in [0.3, 0.4) is 0 Å². The average molecular weight is 296 g/mol. The molecule has 0 aliphatic carbocycles. The minimum Gasteiger partial charge on any atom is -0.482 e. The number of hydrogen-bond acceptors (Lipinski definition) is 4. The standard InChI is InChI=1S/C17H16N2O3/c1-12(20)13-6-4-7-15(9-13)19-17(21)11-22-16-8-3-2-5-14(16)10-18/h2-9,12,20H,11H2,1H3,(H,19,21)/t12-/m1/s1. The number of carbonyl (C=O) groups excluding carboxylic acids is 1. The molecule has 0 fully saturated rings. The van der Waals surface area contributed by atoms with E-state index in [0.717, 1.165) is 0 Å². The Morgan fingerprint density at radius 1 is 1.32 bits per heavy atom. The summed E-state index contributed by atoms with van der Waals surface area (Å²) < 4.78 is 5.36. The highest BCUT2D eigenvalue weighted by atomic mass is 16.5. The van der Waals surface area contributed by atoms with Gasteiger partial charge in [0, 0.05) is 5.69 Å². The van der Waals surface area contributed by atoms with Crippen LogP contribution in [0.4, 0.5) is 5.69 Å². The molecule has 5 nitrogen and oxygen atoms in total. The Morgan fingerprint density at radius 2 is 2.09 bits per heavy atom. The van der Waals surface area contributed by atoms with E-state index in [1.807, 2.05) is 6.07 Å². The van der Waals surface area contributed by atoms with Crippen LogP contribution >= 0.6 is 0 Å². The van der Waals surface area contributed by atoms with E-state index in [9.17, 15) is 9.90 Å². The maximum absolute atomic E-state index is 11.9. The van der Waals surface area contributed by atoms with Crippen molar-refractivity contribution in [2.75, 3.05) is 11.9 Å². The zero-order valence-electron chi connectivity index (χ0n) is 12.1. The van der Waals surface area contributed by atoms with Crippen LogP contribution < -0.4 is 10.1 Å². The third kappa shape index (κ3) is 4.08. The molecule has 0 aromatic heterocycles. The lowest BCUT2D eigenvalue weighted by Gasteiger charge is -2.10. The molecule has 0 aliphatic heterocycles. The molecule has 0 saturated carbocycles. The monoisotopic (exact) mass is 296 g/mol. The van der Waals surface area contributed by atoms with Gasteiger partial charge >= 0.3 is 0 Å². The van der Waals surface area contributed by atoms with Crippen molar-refractivity contribution in [2.24, 2.45) is 0 Å². The molecule has 2 aromatic rings. The first-order chi connectivity index (χ1) is 10.6. The molecule has 0 radical (unpaired) electrons. The number of para-hydroxylation sites is 1. The fraction of sp³-hybridized carbons (Fsp3) is 0.176. The van der Waals surface area contributed by atoms with Crippen molar-refractivity contribution >= 4 is 11.6 Å². The van der Waals surface area contributed by atoms with Crippen molar-refractivity contribution < 1.29 is 14.6 Å². The Bertz CT molecular complexity index is 705. The van der Waals surface area contributed by atoms with Crippen LogP contribution in [-0.2, 0) is 4.79 Å². The van der Waals surface area contributed by atoms with E-state index in [0.29, 0.717) is 22.6 Å². The average Bonchev–Trinajstić information content (AvgIpc) is 2.53. The lowest BCUT2D eigenvalue weighted by molar-refractivity contribution is -0.118. The first-order valence-corrected chi connectivity index (χ1v) is 6.80. The third-order valence-corrected chi connectivity index (χ3v) is 3.02. The second-order valence-electron chi connectivity index (χ2n) is 4.75. The normalized spacial score (nSPS) is 11.3. The molecule has 2 rings (SSSR count). The maximum atomic E-state index is 11.9. The van der Waals surface area contributed by atoms with E-state index >= 15 is 0 Å². The number of aliphatic hydroxyl groups excluding tert-OH is 1. The smallest absolute Gasteiger partial charge is 0.262 e. The first-order valence-electron chi connectivity index (χ1n) is 6.80.